The fourth-order valence-electron chi connectivity index (χ4n) is 0.516. The van der Waals surface area contributed by atoms with Gasteiger partial charge in [-0.1, -0.05) is 0 Å². The molecule has 3 N–H and O–H groups in total. The Bertz CT molecular complexity index is 154. The van der Waals surface area contributed by atoms with Crippen molar-refractivity contribution in [3.05, 3.63) is 0 Å². The largest absolute Gasteiger partial charge is 0.463 e. The van der Waals surface area contributed by atoms with Gasteiger partial charge in [-0.05, 0) is 0 Å². The van der Waals surface area contributed by atoms with Gasteiger partial charge in [0.1, 0.15) is 6.61 Å². The van der Waals surface area contributed by atoms with Gasteiger partial charge in [0.25, 0.3) is 6.02 Å². The number of ether oxygens (including phenoxy) is 1. The highest BCUT2D eigenvalue weighted by Crippen LogP contribution is 1.88. The molecule has 1 heterocycles. The van der Waals surface area contributed by atoms with Crippen molar-refractivity contribution >= 4 is 12.1 Å². The van der Waals surface area contributed by atoms with Gasteiger partial charge in [-0.25, -0.2) is 9.79 Å². The Kier molecular flexibility index (Phi) is 1.53. The minimum Gasteiger partial charge on any atom is -0.463 e. The number of rotatable bonds is 0. The lowest BCUT2D eigenvalue weighted by atomic mass is 10.8. The molecule has 0 radical (unpaired) electrons. The van der Waals surface area contributed by atoms with E-state index in [0.717, 1.165) is 0 Å². The number of aliphatic imine (C=N–C) groups is 1. The third kappa shape index (κ3) is 1.60. The first-order valence-corrected chi connectivity index (χ1v) is 2.53. The zero-order chi connectivity index (χ0) is 6.69. The monoisotopic (exact) mass is 129 g/mol. The van der Waals surface area contributed by atoms with Crippen LogP contribution in [0.3, 0.4) is 0 Å². The smallest absolute Gasteiger partial charge is 0.320 e. The molecule has 0 atom stereocenters. The number of nitrogens with zero attached hydrogens (tertiary/aromatic N) is 1. The van der Waals surface area contributed by atoms with Crippen LogP contribution in [-0.4, -0.2) is 25.2 Å². The van der Waals surface area contributed by atoms with E-state index in [4.69, 9.17) is 10.5 Å². The van der Waals surface area contributed by atoms with Crippen LogP contribution in [0, 0.1) is 0 Å². The van der Waals surface area contributed by atoms with Gasteiger partial charge in [0.15, 0.2) is 0 Å². The summed E-state index contributed by atoms with van der Waals surface area (Å²) >= 11 is 0. The van der Waals surface area contributed by atoms with Crippen molar-refractivity contribution in [2.45, 2.75) is 0 Å². The molecule has 0 spiro atoms. The Labute approximate surface area is 51.9 Å². The number of hydrogen-bond donors (Lipinski definition) is 2. The lowest BCUT2D eigenvalue weighted by molar-refractivity contribution is 0.249. The molecule has 0 unspecified atom stereocenters. The van der Waals surface area contributed by atoms with E-state index in [1.165, 1.54) is 0 Å². The average Bonchev–Trinajstić information content (AvgIpc) is 2.15. The summed E-state index contributed by atoms with van der Waals surface area (Å²) in [6, 6.07) is -0.418. The zero-order valence-electron chi connectivity index (χ0n) is 4.76. The Morgan fingerprint density at radius 1 is 1.89 bits per heavy atom. The number of amidine groups is 1. The molecule has 2 amide bonds. The summed E-state index contributed by atoms with van der Waals surface area (Å²) in [5, 5.41) is 2.21. The molecule has 0 bridgehead atoms. The topological polar surface area (TPSA) is 76.7 Å². The third-order valence-electron chi connectivity index (χ3n) is 0.816. The van der Waals surface area contributed by atoms with Crippen LogP contribution in [0.15, 0.2) is 4.99 Å². The highest BCUT2D eigenvalue weighted by molar-refractivity contribution is 5.92. The van der Waals surface area contributed by atoms with Gasteiger partial charge < -0.3 is 10.5 Å². The molecule has 5 heteroatoms. The van der Waals surface area contributed by atoms with E-state index < -0.39 is 6.03 Å². The minimum atomic E-state index is -0.643. The summed E-state index contributed by atoms with van der Waals surface area (Å²) in [5.41, 5.74) is 4.76. The molecule has 1 rings (SSSR count). The number of carbonyl (C=O) groups excluding carboxylic acids is 1. The van der Waals surface area contributed by atoms with Gasteiger partial charge in [-0.3, -0.25) is 5.32 Å². The average molecular weight is 129 g/mol. The number of urea groups is 1. The SMILES string of the molecule is NC(=O)NC1=NCCO1. The maximum Gasteiger partial charge on any atom is 0.320 e. The maximum atomic E-state index is 10.1. The van der Waals surface area contributed by atoms with Crippen molar-refractivity contribution < 1.29 is 9.53 Å². The number of amides is 2. The molecular weight excluding hydrogens is 122 g/mol. The maximum absolute atomic E-state index is 10.1. The summed E-state index contributed by atoms with van der Waals surface area (Å²) in [4.78, 5) is 13.9. The van der Waals surface area contributed by atoms with Crippen LogP contribution in [0.4, 0.5) is 4.79 Å². The molecule has 0 fully saturated rings. The number of nitrogens with one attached hydrogen (secondary N) is 1. The lowest BCUT2D eigenvalue weighted by Gasteiger charge is -1.97. The molecule has 0 aliphatic carbocycles. The van der Waals surface area contributed by atoms with Crippen LogP contribution < -0.4 is 11.1 Å². The van der Waals surface area contributed by atoms with E-state index in [1.54, 1.807) is 0 Å². The summed E-state index contributed by atoms with van der Waals surface area (Å²) in [7, 11) is 0. The molecule has 0 aromatic heterocycles. The van der Waals surface area contributed by atoms with Crippen molar-refractivity contribution in [1.29, 1.82) is 0 Å². The van der Waals surface area contributed by atoms with Crippen molar-refractivity contribution in [2.75, 3.05) is 13.2 Å². The normalized spacial score (nSPS) is 16.2. The van der Waals surface area contributed by atoms with E-state index in [1.807, 2.05) is 0 Å². The predicted octanol–water partition coefficient (Wildman–Crippen LogP) is -0.959. The van der Waals surface area contributed by atoms with E-state index in [9.17, 15) is 4.79 Å². The van der Waals surface area contributed by atoms with Gasteiger partial charge >= 0.3 is 6.03 Å². The molecule has 0 saturated carbocycles. The van der Waals surface area contributed by atoms with Gasteiger partial charge in [0.05, 0.1) is 6.54 Å². The van der Waals surface area contributed by atoms with Gasteiger partial charge in [0.2, 0.25) is 0 Å². The van der Waals surface area contributed by atoms with Gasteiger partial charge in [-0.15, -0.1) is 0 Å². The standard InChI is InChI=1S/C4H7N3O2/c5-3(8)7-4-6-1-2-9-4/h1-2H2,(H3,5,6,7,8). The van der Waals surface area contributed by atoms with Crippen LogP contribution in [0.25, 0.3) is 0 Å². The van der Waals surface area contributed by atoms with Crippen molar-refractivity contribution in [3.8, 4) is 0 Å². The molecule has 1 aliphatic rings. The summed E-state index contributed by atoms with van der Waals surface area (Å²) in [6.45, 7) is 1.12. The van der Waals surface area contributed by atoms with Crippen LogP contribution >= 0.6 is 0 Å². The van der Waals surface area contributed by atoms with Crippen LogP contribution in [0.1, 0.15) is 0 Å². The summed E-state index contributed by atoms with van der Waals surface area (Å²) in [5.74, 6) is 0. The number of hydrogen-bond acceptors (Lipinski definition) is 3. The van der Waals surface area contributed by atoms with E-state index >= 15 is 0 Å². The Morgan fingerprint density at radius 2 is 2.67 bits per heavy atom. The van der Waals surface area contributed by atoms with E-state index in [-0.39, 0.29) is 6.02 Å². The van der Waals surface area contributed by atoms with Gasteiger partial charge in [-0.2, -0.15) is 0 Å². The molecule has 5 nitrogen and oxygen atoms in total. The van der Waals surface area contributed by atoms with Gasteiger partial charge in [0, 0.05) is 0 Å². The second kappa shape index (κ2) is 2.34. The Morgan fingerprint density at radius 3 is 3.11 bits per heavy atom. The van der Waals surface area contributed by atoms with Crippen molar-refractivity contribution in [3.63, 3.8) is 0 Å². The van der Waals surface area contributed by atoms with Crippen LogP contribution in [-0.2, 0) is 4.74 Å². The number of nitrogens with two attached hydrogens (primary N) is 1. The quantitative estimate of drug-likeness (QED) is 0.442. The summed E-state index contributed by atoms with van der Waals surface area (Å²) < 4.78 is 4.80. The third-order valence-corrected chi connectivity index (χ3v) is 0.816. The lowest BCUT2D eigenvalue weighted by Crippen LogP contribution is -2.35. The second-order valence-corrected chi connectivity index (χ2v) is 1.52. The minimum absolute atomic E-state index is 0.225. The second-order valence-electron chi connectivity index (χ2n) is 1.52. The molecule has 9 heavy (non-hydrogen) atoms. The number of primary amides is 1. The molecule has 0 aromatic rings. The van der Waals surface area contributed by atoms with E-state index in [2.05, 4.69) is 10.3 Å². The molecule has 50 valence electrons. The number of carbonyl (C=O) groups is 1. The Hall–Kier alpha value is -1.26. The molecule has 0 aromatic carbocycles. The fraction of sp³-hybridized carbons (Fsp3) is 0.500. The molecule has 0 saturated heterocycles. The highest BCUT2D eigenvalue weighted by atomic mass is 16.5. The zero-order valence-corrected chi connectivity index (χ0v) is 4.76. The first-order valence-electron chi connectivity index (χ1n) is 2.53. The van der Waals surface area contributed by atoms with Crippen LogP contribution in [0.5, 0.6) is 0 Å². The fourth-order valence-corrected chi connectivity index (χ4v) is 0.516. The molecular formula is C4H7N3O2. The Balaban J connectivity index is 2.35. The predicted molar refractivity (Wildman–Crippen MR) is 31.0 cm³/mol. The highest BCUT2D eigenvalue weighted by Gasteiger charge is 2.07. The first kappa shape index (κ1) is 5.87. The molecule has 1 aliphatic heterocycles. The van der Waals surface area contributed by atoms with Crippen molar-refractivity contribution in [2.24, 2.45) is 10.7 Å². The summed E-state index contributed by atoms with van der Waals surface area (Å²) in [6.07, 6.45) is 0. The van der Waals surface area contributed by atoms with Crippen molar-refractivity contribution in [1.82, 2.24) is 5.32 Å². The first-order chi connectivity index (χ1) is 4.29. The van der Waals surface area contributed by atoms with Crippen LogP contribution in [0.2, 0.25) is 0 Å². The van der Waals surface area contributed by atoms with E-state index in [0.29, 0.717) is 13.2 Å².